The molecule has 2 aliphatic carbocycles. The van der Waals surface area contributed by atoms with Gasteiger partial charge in [-0.15, -0.1) is 0 Å². The van der Waals surface area contributed by atoms with E-state index in [0.717, 1.165) is 22.1 Å². The Labute approximate surface area is 281 Å². The molecule has 3 fully saturated rings. The number of carboxylic acid groups (broad SMARTS) is 1. The largest absolute Gasteiger partial charge is 0.507 e. The minimum atomic E-state index is -1.32. The molecule has 3 aromatic carbocycles. The molecule has 7 rings (SSSR count). The van der Waals surface area contributed by atoms with Crippen LogP contribution in [0.25, 0.3) is 10.8 Å². The van der Waals surface area contributed by atoms with Gasteiger partial charge in [-0.25, -0.2) is 9.29 Å². The molecule has 4 amide bonds. The third-order valence-electron chi connectivity index (χ3n) is 11.0. The molecule has 1 saturated carbocycles. The Bertz CT molecular complexity index is 1940. The number of phenolic OH excluding ortho intramolecular Hbond substituents is 1. The predicted molar refractivity (Wildman–Crippen MR) is 174 cm³/mol. The van der Waals surface area contributed by atoms with Crippen molar-refractivity contribution in [3.63, 3.8) is 0 Å². The second kappa shape index (κ2) is 11.8. The first kappa shape index (κ1) is 32.0. The molecule has 6 atom stereocenters. The fourth-order valence-electron chi connectivity index (χ4n) is 8.80. The van der Waals surface area contributed by atoms with E-state index in [9.17, 15) is 33.5 Å². The van der Waals surface area contributed by atoms with E-state index in [1.54, 1.807) is 31.2 Å². The lowest BCUT2D eigenvalue weighted by Gasteiger charge is -2.49. The Morgan fingerprint density at radius 2 is 1.71 bits per heavy atom. The number of fused-ring (bicyclic) bond motifs is 5. The Kier molecular flexibility index (Phi) is 7.89. The number of benzene rings is 3. The number of halogens is 2. The zero-order chi connectivity index (χ0) is 34.1. The smallest absolute Gasteiger partial charge is 0.303 e. The fraction of sp³-hybridized carbons (Fsp3) is 0.378. The number of carbonyl (C=O) groups excluding carboxylic acids is 4. The van der Waals surface area contributed by atoms with Gasteiger partial charge in [0.15, 0.2) is 0 Å². The number of aliphatic carboxylic acids is 1. The first-order valence-electron chi connectivity index (χ1n) is 16.3. The molecule has 0 spiro atoms. The van der Waals surface area contributed by atoms with Gasteiger partial charge in [-0.3, -0.25) is 28.9 Å². The molecule has 2 heterocycles. The molecule has 0 bridgehead atoms. The Morgan fingerprint density at radius 1 is 0.958 bits per heavy atom. The van der Waals surface area contributed by atoms with Crippen LogP contribution in [0.5, 0.6) is 5.75 Å². The number of amides is 4. The number of hydrogen-bond donors (Lipinski definition) is 2. The first-order chi connectivity index (χ1) is 22.9. The van der Waals surface area contributed by atoms with E-state index >= 15 is 0 Å². The minimum Gasteiger partial charge on any atom is -0.507 e. The van der Waals surface area contributed by atoms with Crippen molar-refractivity contribution in [1.82, 2.24) is 4.90 Å². The SMILES string of the molecule is CC12C(=O)N(c3ccc(F)c(Cl)c3)C(=O)C1CC1C(=CCC3C(=O)N(CCCCCC(=O)O)C(=O)C31)C2c1ccc(O)c2ccccc12. The number of carbonyl (C=O) groups is 5. The molecule has 3 aromatic rings. The van der Waals surface area contributed by atoms with Gasteiger partial charge in [-0.2, -0.15) is 0 Å². The lowest BCUT2D eigenvalue weighted by atomic mass is 9.51. The van der Waals surface area contributed by atoms with Gasteiger partial charge < -0.3 is 10.2 Å². The van der Waals surface area contributed by atoms with Gasteiger partial charge in [0.1, 0.15) is 11.6 Å². The van der Waals surface area contributed by atoms with E-state index in [0.29, 0.717) is 36.5 Å². The van der Waals surface area contributed by atoms with Gasteiger partial charge in [-0.1, -0.05) is 60.0 Å². The molecule has 2 saturated heterocycles. The van der Waals surface area contributed by atoms with Crippen molar-refractivity contribution in [3.05, 3.63) is 82.6 Å². The molecular formula is C37H34ClFN2O7. The molecule has 11 heteroatoms. The van der Waals surface area contributed by atoms with Crippen molar-refractivity contribution in [1.29, 1.82) is 0 Å². The molecule has 248 valence electrons. The van der Waals surface area contributed by atoms with Crippen LogP contribution in [0, 0.1) is 34.9 Å². The monoisotopic (exact) mass is 672 g/mol. The maximum absolute atomic E-state index is 14.7. The van der Waals surface area contributed by atoms with Crippen molar-refractivity contribution in [2.45, 2.75) is 51.4 Å². The molecule has 4 aliphatic rings. The number of imide groups is 2. The maximum atomic E-state index is 14.7. The number of aromatic hydroxyl groups is 1. The number of hydrogen-bond acceptors (Lipinski definition) is 6. The van der Waals surface area contributed by atoms with Crippen molar-refractivity contribution in [3.8, 4) is 5.75 Å². The zero-order valence-electron chi connectivity index (χ0n) is 26.2. The van der Waals surface area contributed by atoms with Gasteiger partial charge in [-0.05, 0) is 73.7 Å². The highest BCUT2D eigenvalue weighted by Gasteiger charge is 2.67. The number of rotatable bonds is 8. The minimum absolute atomic E-state index is 0.0177. The molecule has 0 aromatic heterocycles. The van der Waals surface area contributed by atoms with Gasteiger partial charge in [0.2, 0.25) is 23.6 Å². The third kappa shape index (κ3) is 4.75. The van der Waals surface area contributed by atoms with Crippen LogP contribution in [-0.2, 0) is 24.0 Å². The lowest BCUT2D eigenvalue weighted by Crippen LogP contribution is -2.49. The molecule has 9 nitrogen and oxygen atoms in total. The van der Waals surface area contributed by atoms with Gasteiger partial charge in [0, 0.05) is 24.3 Å². The predicted octanol–water partition coefficient (Wildman–Crippen LogP) is 6.21. The highest BCUT2D eigenvalue weighted by molar-refractivity contribution is 6.31. The molecule has 2 N–H and O–H groups in total. The second-order valence-corrected chi connectivity index (χ2v) is 13.9. The molecule has 6 unspecified atom stereocenters. The van der Waals surface area contributed by atoms with Crippen molar-refractivity contribution < 1.29 is 38.6 Å². The van der Waals surface area contributed by atoms with Crippen molar-refractivity contribution in [2.75, 3.05) is 11.4 Å². The lowest BCUT2D eigenvalue weighted by molar-refractivity contribution is -0.141. The van der Waals surface area contributed by atoms with E-state index in [4.69, 9.17) is 16.7 Å². The van der Waals surface area contributed by atoms with E-state index in [1.807, 2.05) is 18.2 Å². The van der Waals surface area contributed by atoms with E-state index in [1.165, 1.54) is 17.0 Å². The summed E-state index contributed by atoms with van der Waals surface area (Å²) in [7, 11) is 0. The van der Waals surface area contributed by atoms with Crippen LogP contribution < -0.4 is 4.90 Å². The van der Waals surface area contributed by atoms with Crippen LogP contribution >= 0.6 is 11.6 Å². The van der Waals surface area contributed by atoms with Gasteiger partial charge >= 0.3 is 5.97 Å². The summed E-state index contributed by atoms with van der Waals surface area (Å²) in [6.45, 7) is 1.96. The summed E-state index contributed by atoms with van der Waals surface area (Å²) in [5.74, 6) is -6.44. The number of anilines is 1. The quantitative estimate of drug-likeness (QED) is 0.165. The fourth-order valence-corrected chi connectivity index (χ4v) is 8.97. The number of nitrogens with zero attached hydrogens (tertiary/aromatic N) is 2. The highest BCUT2D eigenvalue weighted by atomic mass is 35.5. The summed E-state index contributed by atoms with van der Waals surface area (Å²) in [6.07, 6.45) is 3.93. The number of carboxylic acids is 1. The van der Waals surface area contributed by atoms with Crippen LogP contribution in [0.1, 0.15) is 56.9 Å². The average molecular weight is 673 g/mol. The Balaban J connectivity index is 1.32. The number of likely N-dealkylation sites (tertiary alicyclic amines) is 1. The normalized spacial score (nSPS) is 28.1. The third-order valence-corrected chi connectivity index (χ3v) is 11.3. The molecular weight excluding hydrogens is 639 g/mol. The maximum Gasteiger partial charge on any atom is 0.303 e. The Hall–Kier alpha value is -4.57. The summed E-state index contributed by atoms with van der Waals surface area (Å²) in [5.41, 5.74) is 0.368. The standard InChI is InChI=1S/C37H34ClFN2O7/c1-37-26(34(46)41(36(37)48)19-10-14-28(39)27(38)17-19)18-25-23(32(37)22-13-15-29(42)21-8-5-4-7-20(21)22)11-12-24-31(25)35(47)40(33(24)45)16-6-2-3-9-30(43)44/h4-5,7-8,10-11,13-15,17,24-26,31-32,42H,2-3,6,9,12,16,18H2,1H3,(H,43,44). The summed E-state index contributed by atoms with van der Waals surface area (Å²) in [4.78, 5) is 70.1. The summed E-state index contributed by atoms with van der Waals surface area (Å²) >= 11 is 6.09. The summed E-state index contributed by atoms with van der Waals surface area (Å²) in [6, 6.07) is 14.3. The van der Waals surface area contributed by atoms with E-state index in [2.05, 4.69) is 0 Å². The number of allylic oxidation sites excluding steroid dienone is 2. The first-order valence-corrected chi connectivity index (χ1v) is 16.6. The Morgan fingerprint density at radius 3 is 2.44 bits per heavy atom. The van der Waals surface area contributed by atoms with Gasteiger partial charge in [0.25, 0.3) is 0 Å². The van der Waals surface area contributed by atoms with Crippen LogP contribution in [0.2, 0.25) is 5.02 Å². The van der Waals surface area contributed by atoms with Crippen molar-refractivity contribution >= 4 is 57.7 Å². The van der Waals surface area contributed by atoms with Gasteiger partial charge in [0.05, 0.1) is 33.9 Å². The van der Waals surface area contributed by atoms with E-state index < -0.39 is 58.6 Å². The van der Waals surface area contributed by atoms with Crippen LogP contribution in [-0.4, -0.2) is 51.3 Å². The van der Waals surface area contributed by atoms with E-state index in [-0.39, 0.29) is 47.7 Å². The van der Waals surface area contributed by atoms with Crippen LogP contribution in [0.4, 0.5) is 10.1 Å². The highest BCUT2D eigenvalue weighted by Crippen LogP contribution is 2.64. The number of unbranched alkanes of at least 4 members (excludes halogenated alkanes) is 2. The van der Waals surface area contributed by atoms with Crippen LogP contribution in [0.3, 0.4) is 0 Å². The summed E-state index contributed by atoms with van der Waals surface area (Å²) < 4.78 is 14.2. The molecule has 0 radical (unpaired) electrons. The zero-order valence-corrected chi connectivity index (χ0v) is 27.0. The molecule has 48 heavy (non-hydrogen) atoms. The second-order valence-electron chi connectivity index (χ2n) is 13.5. The van der Waals surface area contributed by atoms with Crippen molar-refractivity contribution in [2.24, 2.45) is 29.1 Å². The number of phenols is 1. The topological polar surface area (TPSA) is 132 Å². The van der Waals surface area contributed by atoms with Crippen LogP contribution in [0.15, 0.2) is 66.2 Å². The summed E-state index contributed by atoms with van der Waals surface area (Å²) in [5, 5.41) is 20.8. The average Bonchev–Trinajstić information content (AvgIpc) is 3.42. The molecule has 2 aliphatic heterocycles.